The van der Waals surface area contributed by atoms with Gasteiger partial charge in [0.2, 0.25) is 5.91 Å². The van der Waals surface area contributed by atoms with Crippen molar-refractivity contribution in [1.29, 1.82) is 0 Å². The van der Waals surface area contributed by atoms with Gasteiger partial charge in [-0.3, -0.25) is 4.79 Å². The van der Waals surface area contributed by atoms with Gasteiger partial charge in [-0.25, -0.2) is 4.39 Å². The Hall–Kier alpha value is -2.16. The number of carbonyl (C=O) groups is 1. The molecule has 2 saturated carbocycles. The summed E-state index contributed by atoms with van der Waals surface area (Å²) in [4.78, 5) is 13.3. The maximum atomic E-state index is 14.1. The molecule has 28 heavy (non-hydrogen) atoms. The van der Waals surface area contributed by atoms with Crippen molar-refractivity contribution in [2.45, 2.75) is 64.2 Å². The van der Waals surface area contributed by atoms with E-state index in [0.29, 0.717) is 17.5 Å². The predicted molar refractivity (Wildman–Crippen MR) is 112 cm³/mol. The SMILES string of the molecule is CCc1ccc([C@@H](C(=O)Nc2cc(F)cc(CC3CC3)c2)C2CCCC2)cc1. The second kappa shape index (κ2) is 8.46. The van der Waals surface area contributed by atoms with Crippen molar-refractivity contribution >= 4 is 11.6 Å². The van der Waals surface area contributed by atoms with Crippen molar-refractivity contribution in [1.82, 2.24) is 0 Å². The zero-order valence-corrected chi connectivity index (χ0v) is 16.7. The lowest BCUT2D eigenvalue weighted by Crippen LogP contribution is -2.26. The number of halogens is 1. The maximum absolute atomic E-state index is 14.1. The molecule has 0 heterocycles. The number of anilines is 1. The zero-order valence-electron chi connectivity index (χ0n) is 16.7. The fourth-order valence-corrected chi connectivity index (χ4v) is 4.60. The lowest BCUT2D eigenvalue weighted by molar-refractivity contribution is -0.118. The van der Waals surface area contributed by atoms with Gasteiger partial charge in [0, 0.05) is 5.69 Å². The van der Waals surface area contributed by atoms with Gasteiger partial charge in [0.1, 0.15) is 5.82 Å². The van der Waals surface area contributed by atoms with Crippen LogP contribution < -0.4 is 5.32 Å². The van der Waals surface area contributed by atoms with Crippen LogP contribution in [-0.4, -0.2) is 5.91 Å². The summed E-state index contributed by atoms with van der Waals surface area (Å²) in [7, 11) is 0. The van der Waals surface area contributed by atoms with Gasteiger partial charge >= 0.3 is 0 Å². The van der Waals surface area contributed by atoms with Crippen LogP contribution in [0.4, 0.5) is 10.1 Å². The molecule has 4 rings (SSSR count). The highest BCUT2D eigenvalue weighted by molar-refractivity contribution is 5.96. The molecule has 1 N–H and O–H groups in total. The maximum Gasteiger partial charge on any atom is 0.232 e. The van der Waals surface area contributed by atoms with Gasteiger partial charge < -0.3 is 5.32 Å². The topological polar surface area (TPSA) is 29.1 Å². The fourth-order valence-electron chi connectivity index (χ4n) is 4.60. The quantitative estimate of drug-likeness (QED) is 0.605. The molecular formula is C25H30FNO. The van der Waals surface area contributed by atoms with E-state index in [1.54, 1.807) is 6.07 Å². The number of benzene rings is 2. The molecule has 3 heteroatoms. The zero-order chi connectivity index (χ0) is 19.5. The lowest BCUT2D eigenvalue weighted by Gasteiger charge is -2.23. The molecule has 0 spiro atoms. The van der Waals surface area contributed by atoms with Gasteiger partial charge in [-0.15, -0.1) is 0 Å². The first-order chi connectivity index (χ1) is 13.6. The van der Waals surface area contributed by atoms with E-state index in [9.17, 15) is 9.18 Å². The van der Waals surface area contributed by atoms with Gasteiger partial charge in [0.25, 0.3) is 0 Å². The second-order valence-electron chi connectivity index (χ2n) is 8.60. The Kier molecular flexibility index (Phi) is 5.79. The summed E-state index contributed by atoms with van der Waals surface area (Å²) >= 11 is 0. The van der Waals surface area contributed by atoms with Crippen LogP contribution in [-0.2, 0) is 17.6 Å². The van der Waals surface area contributed by atoms with Gasteiger partial charge in [-0.2, -0.15) is 0 Å². The van der Waals surface area contributed by atoms with Gasteiger partial charge in [-0.05, 0) is 85.3 Å². The smallest absolute Gasteiger partial charge is 0.232 e. The third kappa shape index (κ3) is 4.63. The molecule has 0 aliphatic heterocycles. The molecule has 0 unspecified atom stereocenters. The van der Waals surface area contributed by atoms with Crippen LogP contribution in [0.3, 0.4) is 0 Å². The summed E-state index contributed by atoms with van der Waals surface area (Å²) in [6.07, 6.45) is 8.91. The van der Waals surface area contributed by atoms with Crippen LogP contribution in [0.5, 0.6) is 0 Å². The number of hydrogen-bond donors (Lipinski definition) is 1. The lowest BCUT2D eigenvalue weighted by atomic mass is 9.83. The third-order valence-corrected chi connectivity index (χ3v) is 6.35. The number of rotatable bonds is 7. The summed E-state index contributed by atoms with van der Waals surface area (Å²) in [5, 5.41) is 3.04. The van der Waals surface area contributed by atoms with Gasteiger partial charge in [0.15, 0.2) is 0 Å². The normalized spacial score (nSPS) is 18.2. The summed E-state index contributed by atoms with van der Waals surface area (Å²) in [6, 6.07) is 13.5. The third-order valence-electron chi connectivity index (χ3n) is 6.35. The molecule has 0 saturated heterocycles. The Balaban J connectivity index is 1.55. The summed E-state index contributed by atoms with van der Waals surface area (Å²) in [5.74, 6) is 0.626. The molecule has 2 aliphatic rings. The van der Waals surface area contributed by atoms with E-state index in [1.807, 2.05) is 6.07 Å². The highest BCUT2D eigenvalue weighted by Crippen LogP contribution is 2.38. The van der Waals surface area contributed by atoms with Crippen molar-refractivity contribution in [3.05, 3.63) is 65.0 Å². The van der Waals surface area contributed by atoms with Crippen molar-refractivity contribution in [3.63, 3.8) is 0 Å². The minimum Gasteiger partial charge on any atom is -0.325 e. The minimum absolute atomic E-state index is 0.000814. The first kappa shape index (κ1) is 19.2. The van der Waals surface area contributed by atoms with Crippen LogP contribution in [0.2, 0.25) is 0 Å². The standard InChI is InChI=1S/C25H30FNO/c1-2-17-9-11-21(12-10-17)24(20-5-3-4-6-20)25(28)27-23-15-19(13-18-7-8-18)14-22(26)16-23/h9-12,14-16,18,20,24H,2-8,13H2,1H3,(H,27,28)/t24-/m0/s1. The molecule has 1 atom stereocenters. The van der Waals surface area contributed by atoms with Gasteiger partial charge in [-0.1, -0.05) is 44.0 Å². The Morgan fingerprint density at radius 2 is 1.75 bits per heavy atom. The molecule has 0 aromatic heterocycles. The highest BCUT2D eigenvalue weighted by Gasteiger charge is 2.32. The summed E-state index contributed by atoms with van der Waals surface area (Å²) < 4.78 is 14.1. The van der Waals surface area contributed by atoms with Gasteiger partial charge in [0.05, 0.1) is 5.92 Å². The molecule has 2 fully saturated rings. The average Bonchev–Trinajstić information content (AvgIpc) is 3.32. The number of aryl methyl sites for hydroxylation is 1. The molecule has 1 amide bonds. The largest absolute Gasteiger partial charge is 0.325 e. The molecule has 148 valence electrons. The van der Waals surface area contributed by atoms with Crippen molar-refractivity contribution in [2.75, 3.05) is 5.32 Å². The van der Waals surface area contributed by atoms with Crippen molar-refractivity contribution < 1.29 is 9.18 Å². The van der Waals surface area contributed by atoms with Crippen LogP contribution in [0.25, 0.3) is 0 Å². The molecule has 2 aromatic rings. The molecule has 2 aromatic carbocycles. The Morgan fingerprint density at radius 1 is 1.04 bits per heavy atom. The second-order valence-corrected chi connectivity index (χ2v) is 8.60. The van der Waals surface area contributed by atoms with E-state index in [-0.39, 0.29) is 17.6 Å². The molecule has 2 aliphatic carbocycles. The summed E-state index contributed by atoms with van der Waals surface area (Å²) in [6.45, 7) is 2.14. The molecule has 0 bridgehead atoms. The van der Waals surface area contributed by atoms with Crippen LogP contribution in [0, 0.1) is 17.7 Å². The van der Waals surface area contributed by atoms with E-state index in [4.69, 9.17) is 0 Å². The van der Waals surface area contributed by atoms with E-state index in [2.05, 4.69) is 36.5 Å². The first-order valence-electron chi connectivity index (χ1n) is 10.8. The van der Waals surface area contributed by atoms with E-state index in [0.717, 1.165) is 36.8 Å². The number of nitrogens with one attached hydrogen (secondary N) is 1. The fraction of sp³-hybridized carbons (Fsp3) is 0.480. The Morgan fingerprint density at radius 3 is 2.39 bits per heavy atom. The molecule has 2 nitrogen and oxygen atoms in total. The van der Waals surface area contributed by atoms with Crippen LogP contribution in [0.1, 0.15) is 68.1 Å². The number of amides is 1. The molecular weight excluding hydrogens is 349 g/mol. The van der Waals surface area contributed by atoms with Crippen LogP contribution in [0.15, 0.2) is 42.5 Å². The monoisotopic (exact) mass is 379 g/mol. The van der Waals surface area contributed by atoms with Crippen LogP contribution >= 0.6 is 0 Å². The van der Waals surface area contributed by atoms with E-state index in [1.165, 1.54) is 37.3 Å². The molecule has 0 radical (unpaired) electrons. The predicted octanol–water partition coefficient (Wildman–Crippen LogP) is 6.25. The van der Waals surface area contributed by atoms with E-state index >= 15 is 0 Å². The number of carbonyl (C=O) groups excluding carboxylic acids is 1. The minimum atomic E-state index is -0.266. The Bertz CT molecular complexity index is 819. The van der Waals surface area contributed by atoms with E-state index < -0.39 is 0 Å². The first-order valence-corrected chi connectivity index (χ1v) is 10.8. The number of hydrogen-bond acceptors (Lipinski definition) is 1. The van der Waals surface area contributed by atoms with Crippen molar-refractivity contribution in [3.8, 4) is 0 Å². The summed E-state index contributed by atoms with van der Waals surface area (Å²) in [5.41, 5.74) is 3.94. The Labute approximate surface area is 167 Å². The van der Waals surface area contributed by atoms with Crippen molar-refractivity contribution in [2.24, 2.45) is 11.8 Å². The highest BCUT2D eigenvalue weighted by atomic mass is 19.1. The average molecular weight is 380 g/mol.